The van der Waals surface area contributed by atoms with Crippen LogP contribution in [0.5, 0.6) is 5.75 Å². The minimum Gasteiger partial charge on any atom is -0.428 e. The predicted molar refractivity (Wildman–Crippen MR) is 96.1 cm³/mol. The van der Waals surface area contributed by atoms with Crippen LogP contribution in [-0.2, 0) is 0 Å². The fourth-order valence-electron chi connectivity index (χ4n) is 2.94. The maximum Gasteiger partial charge on any atom is 0.461 e. The number of nitrogens with zero attached hydrogens (tertiary/aromatic N) is 4. The number of hydrogen-bond acceptors (Lipinski definition) is 7. The predicted octanol–water partition coefficient (Wildman–Crippen LogP) is 4.36. The number of benzene rings is 1. The highest BCUT2D eigenvalue weighted by molar-refractivity contribution is 5.74. The molecule has 3 rings (SSSR count). The third-order valence-electron chi connectivity index (χ3n) is 4.25. The second-order valence-electron chi connectivity index (χ2n) is 6.32. The molecule has 0 bridgehead atoms. The highest BCUT2D eigenvalue weighted by atomic mass is 19.3. The molecule has 0 saturated carbocycles. The van der Waals surface area contributed by atoms with E-state index in [9.17, 15) is 27.7 Å². The molecule has 8 nitrogen and oxygen atoms in total. The van der Waals surface area contributed by atoms with Gasteiger partial charge in [0.05, 0.1) is 4.92 Å². The van der Waals surface area contributed by atoms with Crippen LogP contribution in [0.1, 0.15) is 19.3 Å². The molecule has 2 aromatic rings. The zero-order valence-corrected chi connectivity index (χ0v) is 15.0. The number of halogens is 4. The highest BCUT2D eigenvalue weighted by Crippen LogP contribution is 2.36. The fraction of sp³-hybridized carbons (Fsp3) is 0.412. The smallest absolute Gasteiger partial charge is 0.428 e. The molecule has 1 aromatic carbocycles. The summed E-state index contributed by atoms with van der Waals surface area (Å²) in [5, 5.41) is 14.3. The summed E-state index contributed by atoms with van der Waals surface area (Å²) in [4.78, 5) is 20.7. The molecule has 1 aliphatic rings. The van der Waals surface area contributed by atoms with Gasteiger partial charge in [0.1, 0.15) is 12.1 Å². The third kappa shape index (κ3) is 4.81. The quantitative estimate of drug-likeness (QED) is 0.408. The fourth-order valence-corrected chi connectivity index (χ4v) is 2.94. The van der Waals surface area contributed by atoms with E-state index in [0.29, 0.717) is 13.1 Å². The van der Waals surface area contributed by atoms with Crippen molar-refractivity contribution in [3.63, 3.8) is 0 Å². The molecule has 0 amide bonds. The molecule has 1 saturated heterocycles. The Morgan fingerprint density at radius 2 is 1.93 bits per heavy atom. The standard InChI is InChI=1S/C17H17F4N5O3/c18-16(19)17(20,21)29-12-6-4-5-11(9-12)24-14-13(26(27)28)15(23-10-22-14)25-7-2-1-3-8-25/h4-6,9-10,16H,1-3,7-8H2,(H,22,23,24). The van der Waals surface area contributed by atoms with E-state index >= 15 is 0 Å². The van der Waals surface area contributed by atoms with Gasteiger partial charge in [-0.3, -0.25) is 10.1 Å². The van der Waals surface area contributed by atoms with Gasteiger partial charge in [0.2, 0.25) is 11.6 Å². The first-order valence-corrected chi connectivity index (χ1v) is 8.74. The second-order valence-corrected chi connectivity index (χ2v) is 6.32. The molecule has 1 aliphatic heterocycles. The van der Waals surface area contributed by atoms with Crippen molar-refractivity contribution in [3.8, 4) is 5.75 Å². The van der Waals surface area contributed by atoms with Crippen molar-refractivity contribution in [3.05, 3.63) is 40.7 Å². The lowest BCUT2D eigenvalue weighted by Gasteiger charge is -2.27. The van der Waals surface area contributed by atoms with Gasteiger partial charge in [0, 0.05) is 24.8 Å². The molecule has 1 aromatic heterocycles. The molecular weight excluding hydrogens is 398 g/mol. The van der Waals surface area contributed by atoms with Gasteiger partial charge in [-0.25, -0.2) is 9.97 Å². The van der Waals surface area contributed by atoms with Gasteiger partial charge >= 0.3 is 18.2 Å². The zero-order chi connectivity index (χ0) is 21.0. The van der Waals surface area contributed by atoms with E-state index in [2.05, 4.69) is 20.0 Å². The Bertz CT molecular complexity index is 878. The zero-order valence-electron chi connectivity index (χ0n) is 15.0. The summed E-state index contributed by atoms with van der Waals surface area (Å²) in [5.74, 6) is -0.527. The monoisotopic (exact) mass is 415 g/mol. The number of rotatable bonds is 7. The van der Waals surface area contributed by atoms with E-state index in [1.807, 2.05) is 0 Å². The van der Waals surface area contributed by atoms with E-state index in [1.165, 1.54) is 12.1 Å². The van der Waals surface area contributed by atoms with Gasteiger partial charge in [-0.2, -0.15) is 17.6 Å². The SMILES string of the molecule is O=[N+]([O-])c1c(Nc2cccc(OC(F)(F)C(F)F)c2)ncnc1N1CCCCC1. The van der Waals surface area contributed by atoms with Crippen molar-refractivity contribution in [1.29, 1.82) is 0 Å². The number of aromatic nitrogens is 2. The van der Waals surface area contributed by atoms with Crippen LogP contribution >= 0.6 is 0 Å². The van der Waals surface area contributed by atoms with Crippen LogP contribution in [0.25, 0.3) is 0 Å². The minimum atomic E-state index is -4.67. The molecule has 0 spiro atoms. The van der Waals surface area contributed by atoms with Gasteiger partial charge in [-0.05, 0) is 31.4 Å². The number of piperidine rings is 1. The Labute approximate surface area is 162 Å². The first kappa shape index (κ1) is 20.6. The van der Waals surface area contributed by atoms with E-state index in [-0.39, 0.29) is 23.0 Å². The van der Waals surface area contributed by atoms with Crippen LogP contribution in [0.2, 0.25) is 0 Å². The summed E-state index contributed by atoms with van der Waals surface area (Å²) in [7, 11) is 0. The van der Waals surface area contributed by atoms with Crippen LogP contribution in [-0.4, -0.2) is 40.5 Å². The molecule has 2 heterocycles. The Hall–Kier alpha value is -3.18. The minimum absolute atomic E-state index is 0.0963. The highest BCUT2D eigenvalue weighted by Gasteiger charge is 2.44. The molecule has 0 aliphatic carbocycles. The van der Waals surface area contributed by atoms with E-state index in [1.54, 1.807) is 4.90 Å². The van der Waals surface area contributed by atoms with Crippen molar-refractivity contribution < 1.29 is 27.2 Å². The van der Waals surface area contributed by atoms with Crippen LogP contribution in [0.3, 0.4) is 0 Å². The van der Waals surface area contributed by atoms with Gasteiger partial charge in [0.15, 0.2) is 0 Å². The maximum absolute atomic E-state index is 13.1. The number of nitro groups is 1. The van der Waals surface area contributed by atoms with Crippen molar-refractivity contribution in [2.24, 2.45) is 0 Å². The number of anilines is 3. The largest absolute Gasteiger partial charge is 0.461 e. The average Bonchev–Trinajstić information content (AvgIpc) is 2.68. The molecule has 0 unspecified atom stereocenters. The van der Waals surface area contributed by atoms with Gasteiger partial charge in [-0.1, -0.05) is 6.07 Å². The van der Waals surface area contributed by atoms with Gasteiger partial charge in [0.25, 0.3) is 0 Å². The topological polar surface area (TPSA) is 93.4 Å². The first-order chi connectivity index (χ1) is 13.8. The van der Waals surface area contributed by atoms with Crippen LogP contribution < -0.4 is 15.0 Å². The number of ether oxygens (including phenoxy) is 1. The van der Waals surface area contributed by atoms with Crippen molar-refractivity contribution in [2.45, 2.75) is 31.8 Å². The summed E-state index contributed by atoms with van der Waals surface area (Å²) >= 11 is 0. The molecular formula is C17H17F4N5O3. The number of nitrogens with one attached hydrogen (secondary N) is 1. The van der Waals surface area contributed by atoms with Gasteiger partial charge < -0.3 is 15.0 Å². The Kier molecular flexibility index (Phi) is 5.99. The third-order valence-corrected chi connectivity index (χ3v) is 4.25. The normalized spacial score (nSPS) is 14.7. The maximum atomic E-state index is 13.1. The number of hydrogen-bond donors (Lipinski definition) is 1. The summed E-state index contributed by atoms with van der Waals surface area (Å²) in [6, 6.07) is 4.76. The lowest BCUT2D eigenvalue weighted by molar-refractivity contribution is -0.383. The van der Waals surface area contributed by atoms with E-state index < -0.39 is 23.2 Å². The Morgan fingerprint density at radius 1 is 1.21 bits per heavy atom. The van der Waals surface area contributed by atoms with Crippen LogP contribution in [0.15, 0.2) is 30.6 Å². The first-order valence-electron chi connectivity index (χ1n) is 8.74. The average molecular weight is 415 g/mol. The molecule has 29 heavy (non-hydrogen) atoms. The molecule has 12 heteroatoms. The Morgan fingerprint density at radius 3 is 2.59 bits per heavy atom. The molecule has 0 radical (unpaired) electrons. The van der Waals surface area contributed by atoms with Crippen molar-refractivity contribution >= 4 is 23.0 Å². The van der Waals surface area contributed by atoms with Gasteiger partial charge in [-0.15, -0.1) is 0 Å². The summed E-state index contributed by atoms with van der Waals surface area (Å²) in [6.07, 6.45) is -4.74. The molecule has 156 valence electrons. The molecule has 1 N–H and O–H groups in total. The Balaban J connectivity index is 1.88. The van der Waals surface area contributed by atoms with E-state index in [4.69, 9.17) is 0 Å². The molecule has 0 atom stereocenters. The second kappa shape index (κ2) is 8.45. The summed E-state index contributed by atoms with van der Waals surface area (Å²) in [5.41, 5.74) is -0.266. The lowest BCUT2D eigenvalue weighted by atomic mass is 10.1. The lowest BCUT2D eigenvalue weighted by Crippen LogP contribution is -2.33. The van der Waals surface area contributed by atoms with Crippen molar-refractivity contribution in [1.82, 2.24) is 9.97 Å². The van der Waals surface area contributed by atoms with E-state index in [0.717, 1.165) is 37.7 Å². The van der Waals surface area contributed by atoms with Crippen LogP contribution in [0.4, 0.5) is 40.6 Å². The summed E-state index contributed by atoms with van der Waals surface area (Å²) < 4.78 is 54.9. The van der Waals surface area contributed by atoms with Crippen molar-refractivity contribution in [2.75, 3.05) is 23.3 Å². The summed E-state index contributed by atoms with van der Waals surface area (Å²) in [6.45, 7) is 1.23. The van der Waals surface area contributed by atoms with Crippen LogP contribution in [0, 0.1) is 10.1 Å². The number of alkyl halides is 4. The molecule has 1 fully saturated rings.